The van der Waals surface area contributed by atoms with Crippen LogP contribution in [0.25, 0.3) is 6.08 Å². The van der Waals surface area contributed by atoms with Gasteiger partial charge in [-0.3, -0.25) is 4.79 Å². The molecular formula is C21H31NO5. The molecule has 27 heavy (non-hydrogen) atoms. The summed E-state index contributed by atoms with van der Waals surface area (Å²) in [6.45, 7) is 9.22. The quantitative estimate of drug-likeness (QED) is 0.341. The van der Waals surface area contributed by atoms with E-state index in [1.165, 1.54) is 6.08 Å². The maximum absolute atomic E-state index is 11.9. The zero-order chi connectivity index (χ0) is 20.1. The number of hydrogen-bond donors (Lipinski definition) is 1. The largest absolute Gasteiger partial charge is 0.490 e. The number of nitrogens with one attached hydrogen (secondary N) is 1. The Morgan fingerprint density at radius 1 is 1.11 bits per heavy atom. The molecule has 1 atom stereocenters. The Bertz CT molecular complexity index is 627. The van der Waals surface area contributed by atoms with Gasteiger partial charge in [-0.25, -0.2) is 4.79 Å². The Morgan fingerprint density at radius 2 is 1.89 bits per heavy atom. The predicted octanol–water partition coefficient (Wildman–Crippen LogP) is 3.74. The fourth-order valence-corrected chi connectivity index (χ4v) is 2.17. The Hall–Kier alpha value is -2.50. The average Bonchev–Trinajstić information content (AvgIpc) is 2.66. The van der Waals surface area contributed by atoms with Crippen LogP contribution in [-0.2, 0) is 14.3 Å². The van der Waals surface area contributed by atoms with E-state index in [4.69, 9.17) is 14.2 Å². The molecule has 1 amide bonds. The van der Waals surface area contributed by atoms with Gasteiger partial charge >= 0.3 is 5.97 Å². The highest BCUT2D eigenvalue weighted by atomic mass is 16.5. The van der Waals surface area contributed by atoms with Crippen LogP contribution in [0.2, 0.25) is 0 Å². The van der Waals surface area contributed by atoms with Gasteiger partial charge in [0, 0.05) is 12.6 Å². The smallest absolute Gasteiger partial charge is 0.331 e. The molecule has 0 fully saturated rings. The van der Waals surface area contributed by atoms with Crippen molar-refractivity contribution in [2.75, 3.05) is 19.8 Å². The molecule has 150 valence electrons. The van der Waals surface area contributed by atoms with Crippen LogP contribution >= 0.6 is 0 Å². The summed E-state index contributed by atoms with van der Waals surface area (Å²) in [7, 11) is 0. The van der Waals surface area contributed by atoms with Crippen molar-refractivity contribution in [2.45, 2.75) is 53.1 Å². The molecule has 1 unspecified atom stereocenters. The number of amides is 1. The number of unbranched alkanes of at least 4 members (excludes halogenated alkanes) is 1. The third kappa shape index (κ3) is 8.62. The van der Waals surface area contributed by atoms with E-state index in [-0.39, 0.29) is 5.91 Å². The van der Waals surface area contributed by atoms with Crippen molar-refractivity contribution in [1.82, 2.24) is 5.32 Å². The highest BCUT2D eigenvalue weighted by Crippen LogP contribution is 2.29. The maximum Gasteiger partial charge on any atom is 0.331 e. The van der Waals surface area contributed by atoms with Gasteiger partial charge in [0.25, 0.3) is 5.91 Å². The van der Waals surface area contributed by atoms with E-state index >= 15 is 0 Å². The molecule has 0 aliphatic heterocycles. The van der Waals surface area contributed by atoms with E-state index < -0.39 is 12.1 Å². The van der Waals surface area contributed by atoms with Crippen molar-refractivity contribution in [1.29, 1.82) is 0 Å². The molecule has 6 nitrogen and oxygen atoms in total. The first-order valence-corrected chi connectivity index (χ1v) is 9.57. The SMILES string of the molecule is CCCCOc1ccc(/C=C/C(=O)OC(C)C(=O)NCCC)cc1OCC. The summed E-state index contributed by atoms with van der Waals surface area (Å²) in [5.41, 5.74) is 0.779. The zero-order valence-electron chi connectivity index (χ0n) is 16.7. The first-order chi connectivity index (χ1) is 13.0. The van der Waals surface area contributed by atoms with Gasteiger partial charge in [0.05, 0.1) is 13.2 Å². The van der Waals surface area contributed by atoms with Crippen molar-refractivity contribution in [3.05, 3.63) is 29.8 Å². The molecule has 1 rings (SSSR count). The molecule has 0 bridgehead atoms. The number of rotatable bonds is 12. The molecule has 0 saturated heterocycles. The monoisotopic (exact) mass is 377 g/mol. The van der Waals surface area contributed by atoms with Gasteiger partial charge in [-0.1, -0.05) is 26.3 Å². The van der Waals surface area contributed by atoms with E-state index in [0.29, 0.717) is 31.3 Å². The summed E-state index contributed by atoms with van der Waals surface area (Å²) in [5.74, 6) is 0.448. The van der Waals surface area contributed by atoms with Crippen molar-refractivity contribution in [3.8, 4) is 11.5 Å². The molecule has 0 aliphatic rings. The van der Waals surface area contributed by atoms with Crippen molar-refractivity contribution < 1.29 is 23.8 Å². The van der Waals surface area contributed by atoms with E-state index in [1.54, 1.807) is 13.0 Å². The van der Waals surface area contributed by atoms with Gasteiger partial charge in [-0.15, -0.1) is 0 Å². The Kier molecular flexibility index (Phi) is 10.7. The van der Waals surface area contributed by atoms with Crippen molar-refractivity contribution in [2.24, 2.45) is 0 Å². The van der Waals surface area contributed by atoms with Crippen LogP contribution in [0.1, 0.15) is 52.5 Å². The number of ether oxygens (including phenoxy) is 3. The van der Waals surface area contributed by atoms with Crippen LogP contribution in [0.5, 0.6) is 11.5 Å². The molecule has 0 saturated carbocycles. The van der Waals surface area contributed by atoms with E-state index in [1.807, 2.05) is 32.0 Å². The molecule has 0 heterocycles. The Labute approximate surface area is 161 Å². The van der Waals surface area contributed by atoms with Gasteiger partial charge in [-0.05, 0) is 50.5 Å². The Balaban J connectivity index is 2.69. The number of hydrogen-bond acceptors (Lipinski definition) is 5. The molecule has 1 aromatic rings. The van der Waals surface area contributed by atoms with E-state index in [0.717, 1.165) is 24.8 Å². The number of carbonyl (C=O) groups is 2. The molecule has 0 spiro atoms. The van der Waals surface area contributed by atoms with Gasteiger partial charge in [0.2, 0.25) is 0 Å². The summed E-state index contributed by atoms with van der Waals surface area (Å²) >= 11 is 0. The fraction of sp³-hybridized carbons (Fsp3) is 0.524. The minimum Gasteiger partial charge on any atom is -0.490 e. The molecule has 6 heteroatoms. The molecular weight excluding hydrogens is 346 g/mol. The standard InChI is InChI=1S/C21H31NO5/c1-5-8-14-26-18-11-9-17(15-19(18)25-7-3)10-12-20(23)27-16(4)21(24)22-13-6-2/h9-12,15-16H,5-8,13-14H2,1-4H3,(H,22,24)/b12-10+. The third-order valence-corrected chi connectivity index (χ3v) is 3.65. The summed E-state index contributed by atoms with van der Waals surface area (Å²) in [6, 6.07) is 5.48. The van der Waals surface area contributed by atoms with Crippen LogP contribution in [-0.4, -0.2) is 37.7 Å². The second-order valence-corrected chi connectivity index (χ2v) is 6.04. The highest BCUT2D eigenvalue weighted by Gasteiger charge is 2.15. The average molecular weight is 377 g/mol. The Morgan fingerprint density at radius 3 is 2.56 bits per heavy atom. The van der Waals surface area contributed by atoms with Gasteiger partial charge in [0.15, 0.2) is 17.6 Å². The number of benzene rings is 1. The lowest BCUT2D eigenvalue weighted by Crippen LogP contribution is -2.35. The number of carbonyl (C=O) groups excluding carboxylic acids is 2. The van der Waals surface area contributed by atoms with Crippen LogP contribution in [0.4, 0.5) is 0 Å². The van der Waals surface area contributed by atoms with Crippen LogP contribution < -0.4 is 14.8 Å². The van der Waals surface area contributed by atoms with Gasteiger partial charge < -0.3 is 19.5 Å². The minimum absolute atomic E-state index is 0.300. The normalized spacial score (nSPS) is 11.9. The first-order valence-electron chi connectivity index (χ1n) is 9.57. The maximum atomic E-state index is 11.9. The zero-order valence-corrected chi connectivity index (χ0v) is 16.7. The second-order valence-electron chi connectivity index (χ2n) is 6.04. The van der Waals surface area contributed by atoms with Crippen LogP contribution in [0.3, 0.4) is 0 Å². The van der Waals surface area contributed by atoms with Gasteiger partial charge in [-0.2, -0.15) is 0 Å². The summed E-state index contributed by atoms with van der Waals surface area (Å²) < 4.78 is 16.5. The lowest BCUT2D eigenvalue weighted by atomic mass is 10.2. The minimum atomic E-state index is -0.831. The lowest BCUT2D eigenvalue weighted by Gasteiger charge is -2.13. The first kappa shape index (κ1) is 22.5. The predicted molar refractivity (Wildman–Crippen MR) is 106 cm³/mol. The molecule has 0 aliphatic carbocycles. The topological polar surface area (TPSA) is 73.9 Å². The number of esters is 1. The second kappa shape index (κ2) is 12.8. The summed E-state index contributed by atoms with van der Waals surface area (Å²) in [5, 5.41) is 2.69. The van der Waals surface area contributed by atoms with E-state index in [2.05, 4.69) is 12.2 Å². The highest BCUT2D eigenvalue weighted by molar-refractivity contribution is 5.90. The van der Waals surface area contributed by atoms with Crippen LogP contribution in [0, 0.1) is 0 Å². The van der Waals surface area contributed by atoms with Crippen molar-refractivity contribution >= 4 is 18.0 Å². The molecule has 0 radical (unpaired) electrons. The van der Waals surface area contributed by atoms with Gasteiger partial charge in [0.1, 0.15) is 0 Å². The lowest BCUT2D eigenvalue weighted by molar-refractivity contribution is -0.150. The summed E-state index contributed by atoms with van der Waals surface area (Å²) in [4.78, 5) is 23.6. The molecule has 0 aromatic heterocycles. The fourth-order valence-electron chi connectivity index (χ4n) is 2.17. The van der Waals surface area contributed by atoms with Crippen molar-refractivity contribution in [3.63, 3.8) is 0 Å². The third-order valence-electron chi connectivity index (χ3n) is 3.65. The molecule has 1 N–H and O–H groups in total. The molecule has 1 aromatic carbocycles. The van der Waals surface area contributed by atoms with Crippen LogP contribution in [0.15, 0.2) is 24.3 Å². The summed E-state index contributed by atoms with van der Waals surface area (Å²) in [6.07, 6.45) is 4.95. The van der Waals surface area contributed by atoms with E-state index in [9.17, 15) is 9.59 Å².